The second kappa shape index (κ2) is 5.10. The zero-order chi connectivity index (χ0) is 15.0. The maximum atomic E-state index is 12.7. The fourth-order valence-corrected chi connectivity index (χ4v) is 4.48. The Kier molecular flexibility index (Phi) is 3.40. The molecule has 0 radical (unpaired) electrons. The van der Waals surface area contributed by atoms with E-state index in [1.165, 1.54) is 0 Å². The molecule has 2 aromatic rings. The van der Waals surface area contributed by atoms with E-state index in [-0.39, 0.29) is 23.5 Å². The van der Waals surface area contributed by atoms with Gasteiger partial charge in [-0.25, -0.2) is 8.42 Å². The molecule has 1 atom stereocenters. The lowest BCUT2D eigenvalue weighted by molar-refractivity contribution is 0.0704. The minimum absolute atomic E-state index is 0.0349. The van der Waals surface area contributed by atoms with Crippen LogP contribution in [-0.2, 0) is 9.84 Å². The molecule has 1 fully saturated rings. The van der Waals surface area contributed by atoms with Gasteiger partial charge in [-0.05, 0) is 19.4 Å². The molecule has 3 heterocycles. The van der Waals surface area contributed by atoms with Gasteiger partial charge in [0.05, 0.1) is 22.4 Å². The van der Waals surface area contributed by atoms with Crippen molar-refractivity contribution in [2.45, 2.75) is 19.4 Å². The standard InChI is InChI=1S/C13H16N4O3S/c1-2-17(9-4-6-21(19,20)8-9)13(18)12-10-7-14-5-3-11(10)15-16-12/h3,5,7,9H,2,4,6,8H2,1H3,(H,15,16). The first kappa shape index (κ1) is 14.0. The number of rotatable bonds is 3. The van der Waals surface area contributed by atoms with E-state index in [4.69, 9.17) is 0 Å². The predicted molar refractivity (Wildman–Crippen MR) is 77.7 cm³/mol. The summed E-state index contributed by atoms with van der Waals surface area (Å²) in [5.41, 5.74) is 1.03. The molecular formula is C13H16N4O3S. The van der Waals surface area contributed by atoms with Crippen LogP contribution in [0.25, 0.3) is 10.9 Å². The fourth-order valence-electron chi connectivity index (χ4n) is 2.74. The van der Waals surface area contributed by atoms with Gasteiger partial charge in [-0.15, -0.1) is 0 Å². The normalized spacial score (nSPS) is 20.7. The van der Waals surface area contributed by atoms with Crippen molar-refractivity contribution in [1.82, 2.24) is 20.1 Å². The summed E-state index contributed by atoms with van der Waals surface area (Å²) in [4.78, 5) is 18.3. The van der Waals surface area contributed by atoms with Crippen molar-refractivity contribution >= 4 is 26.6 Å². The highest BCUT2D eigenvalue weighted by Crippen LogP contribution is 2.22. The Balaban J connectivity index is 1.93. The van der Waals surface area contributed by atoms with E-state index >= 15 is 0 Å². The third-order valence-electron chi connectivity index (χ3n) is 3.82. The number of nitrogens with one attached hydrogen (secondary N) is 1. The van der Waals surface area contributed by atoms with E-state index in [1.807, 2.05) is 6.92 Å². The van der Waals surface area contributed by atoms with Crippen LogP contribution in [0.5, 0.6) is 0 Å². The van der Waals surface area contributed by atoms with Crippen LogP contribution < -0.4 is 0 Å². The van der Waals surface area contributed by atoms with Crippen LogP contribution in [0.2, 0.25) is 0 Å². The van der Waals surface area contributed by atoms with E-state index in [1.54, 1.807) is 23.4 Å². The fraction of sp³-hybridized carbons (Fsp3) is 0.462. The number of H-pyrrole nitrogens is 1. The average Bonchev–Trinajstić information content (AvgIpc) is 3.03. The zero-order valence-electron chi connectivity index (χ0n) is 11.6. The van der Waals surface area contributed by atoms with Crippen LogP contribution in [0.3, 0.4) is 0 Å². The number of pyridine rings is 1. The zero-order valence-corrected chi connectivity index (χ0v) is 12.4. The first-order chi connectivity index (χ1) is 10.0. The minimum atomic E-state index is -3.03. The Morgan fingerprint density at radius 3 is 3.00 bits per heavy atom. The minimum Gasteiger partial charge on any atom is -0.333 e. The first-order valence-electron chi connectivity index (χ1n) is 6.81. The van der Waals surface area contributed by atoms with Gasteiger partial charge in [-0.3, -0.25) is 14.9 Å². The molecule has 21 heavy (non-hydrogen) atoms. The quantitative estimate of drug-likeness (QED) is 0.896. The van der Waals surface area contributed by atoms with Gasteiger partial charge in [0.15, 0.2) is 15.5 Å². The molecule has 1 aliphatic rings. The summed E-state index contributed by atoms with van der Waals surface area (Å²) in [6, 6.07) is 1.48. The number of carbonyl (C=O) groups is 1. The number of hydrogen-bond acceptors (Lipinski definition) is 5. The summed E-state index contributed by atoms with van der Waals surface area (Å²) in [6.45, 7) is 2.30. The van der Waals surface area contributed by atoms with Gasteiger partial charge >= 0.3 is 0 Å². The van der Waals surface area contributed by atoms with E-state index in [0.717, 1.165) is 5.52 Å². The maximum absolute atomic E-state index is 12.7. The molecule has 1 aliphatic heterocycles. The van der Waals surface area contributed by atoms with Gasteiger partial charge in [0.2, 0.25) is 0 Å². The lowest BCUT2D eigenvalue weighted by Crippen LogP contribution is -2.41. The van der Waals surface area contributed by atoms with E-state index < -0.39 is 9.84 Å². The lowest BCUT2D eigenvalue weighted by atomic mass is 10.2. The second-order valence-corrected chi connectivity index (χ2v) is 7.37. The topological polar surface area (TPSA) is 96.0 Å². The Labute approximate surface area is 122 Å². The van der Waals surface area contributed by atoms with Crippen molar-refractivity contribution in [1.29, 1.82) is 0 Å². The third kappa shape index (κ3) is 2.51. The van der Waals surface area contributed by atoms with Crippen LogP contribution in [0.1, 0.15) is 23.8 Å². The highest BCUT2D eigenvalue weighted by molar-refractivity contribution is 7.91. The second-order valence-electron chi connectivity index (χ2n) is 5.14. The number of sulfone groups is 1. The summed E-state index contributed by atoms with van der Waals surface area (Å²) in [7, 11) is -3.03. The summed E-state index contributed by atoms with van der Waals surface area (Å²) < 4.78 is 23.2. The number of hydrogen-bond donors (Lipinski definition) is 1. The summed E-state index contributed by atoms with van der Waals surface area (Å²) >= 11 is 0. The van der Waals surface area contributed by atoms with Gasteiger partial charge in [-0.2, -0.15) is 5.10 Å². The summed E-state index contributed by atoms with van der Waals surface area (Å²) in [5, 5.41) is 7.52. The lowest BCUT2D eigenvalue weighted by Gasteiger charge is -2.26. The van der Waals surface area contributed by atoms with Gasteiger partial charge in [-0.1, -0.05) is 0 Å². The predicted octanol–water partition coefficient (Wildman–Crippen LogP) is 0.607. The number of nitrogens with zero attached hydrogens (tertiary/aromatic N) is 3. The molecule has 2 aromatic heterocycles. The molecule has 1 unspecified atom stereocenters. The number of carbonyl (C=O) groups excluding carboxylic acids is 1. The first-order valence-corrected chi connectivity index (χ1v) is 8.63. The highest BCUT2D eigenvalue weighted by atomic mass is 32.2. The molecule has 0 aliphatic carbocycles. The van der Waals surface area contributed by atoms with Crippen LogP contribution in [0, 0.1) is 0 Å². The van der Waals surface area contributed by atoms with Crippen molar-refractivity contribution in [3.63, 3.8) is 0 Å². The van der Waals surface area contributed by atoms with Gasteiger partial charge in [0.25, 0.3) is 5.91 Å². The monoisotopic (exact) mass is 308 g/mol. The average molecular weight is 308 g/mol. The Morgan fingerprint density at radius 2 is 2.33 bits per heavy atom. The molecular weight excluding hydrogens is 292 g/mol. The van der Waals surface area contributed by atoms with Gasteiger partial charge in [0, 0.05) is 25.0 Å². The van der Waals surface area contributed by atoms with E-state index in [2.05, 4.69) is 15.2 Å². The Hall–Kier alpha value is -1.96. The molecule has 0 bridgehead atoms. The van der Waals surface area contributed by atoms with Crippen molar-refractivity contribution < 1.29 is 13.2 Å². The largest absolute Gasteiger partial charge is 0.333 e. The molecule has 3 rings (SSSR count). The molecule has 8 heteroatoms. The maximum Gasteiger partial charge on any atom is 0.275 e. The van der Waals surface area contributed by atoms with E-state index in [0.29, 0.717) is 24.0 Å². The molecule has 1 amide bonds. The van der Waals surface area contributed by atoms with Crippen LogP contribution in [0.4, 0.5) is 0 Å². The van der Waals surface area contributed by atoms with Gasteiger partial charge < -0.3 is 4.90 Å². The van der Waals surface area contributed by atoms with Crippen molar-refractivity contribution in [2.75, 3.05) is 18.1 Å². The van der Waals surface area contributed by atoms with Crippen molar-refractivity contribution in [2.24, 2.45) is 0 Å². The number of aromatic nitrogens is 3. The molecule has 112 valence electrons. The molecule has 0 saturated carbocycles. The summed E-state index contributed by atoms with van der Waals surface area (Å²) in [5.74, 6) is -0.0730. The molecule has 0 aromatic carbocycles. The van der Waals surface area contributed by atoms with Crippen LogP contribution in [0.15, 0.2) is 18.5 Å². The van der Waals surface area contributed by atoms with Crippen LogP contribution >= 0.6 is 0 Å². The smallest absolute Gasteiger partial charge is 0.275 e. The van der Waals surface area contributed by atoms with E-state index in [9.17, 15) is 13.2 Å². The van der Waals surface area contributed by atoms with Gasteiger partial charge in [0.1, 0.15) is 0 Å². The molecule has 0 spiro atoms. The number of aromatic amines is 1. The number of amides is 1. The molecule has 1 N–H and O–H groups in total. The number of fused-ring (bicyclic) bond motifs is 1. The Morgan fingerprint density at radius 1 is 1.52 bits per heavy atom. The Bertz CT molecular complexity index is 784. The van der Waals surface area contributed by atoms with Crippen LogP contribution in [-0.4, -0.2) is 58.5 Å². The summed E-state index contributed by atoms with van der Waals surface area (Å²) in [6.07, 6.45) is 3.70. The van der Waals surface area contributed by atoms with Crippen molar-refractivity contribution in [3.8, 4) is 0 Å². The molecule has 1 saturated heterocycles. The third-order valence-corrected chi connectivity index (χ3v) is 5.57. The SMILES string of the molecule is CCN(C(=O)c1n[nH]c2ccncc12)C1CCS(=O)(=O)C1. The molecule has 7 nitrogen and oxygen atoms in total. The highest BCUT2D eigenvalue weighted by Gasteiger charge is 2.35. The van der Waals surface area contributed by atoms with Crippen molar-refractivity contribution in [3.05, 3.63) is 24.2 Å².